The van der Waals surface area contributed by atoms with Crippen molar-refractivity contribution in [2.45, 2.75) is 39.4 Å². The molecule has 0 aliphatic carbocycles. The predicted octanol–water partition coefficient (Wildman–Crippen LogP) is 4.77. The SMILES string of the molecule is CCOC(=O)C1=C(CN2CCCN(C(=O)c3ccc(C)cc3)CC2)N(CC)C(=O)NC1c1ccccc1C(F)(F)F. The maximum atomic E-state index is 14.0. The number of carbonyl (C=O) groups excluding carboxylic acids is 3. The molecular formula is C30H35F3N4O4. The van der Waals surface area contributed by atoms with Gasteiger partial charge in [-0.2, -0.15) is 13.2 Å². The first kappa shape index (κ1) is 30.1. The Morgan fingerprint density at radius 2 is 1.71 bits per heavy atom. The van der Waals surface area contributed by atoms with E-state index in [-0.39, 0.29) is 36.7 Å². The van der Waals surface area contributed by atoms with E-state index in [0.717, 1.165) is 11.6 Å². The van der Waals surface area contributed by atoms with E-state index in [4.69, 9.17) is 4.74 Å². The highest BCUT2D eigenvalue weighted by Gasteiger charge is 2.42. The van der Waals surface area contributed by atoms with Crippen molar-refractivity contribution in [3.63, 3.8) is 0 Å². The molecule has 0 spiro atoms. The minimum atomic E-state index is -4.69. The normalized spacial score (nSPS) is 18.7. The molecule has 2 aromatic carbocycles. The van der Waals surface area contributed by atoms with Crippen molar-refractivity contribution in [3.8, 4) is 0 Å². The first-order valence-corrected chi connectivity index (χ1v) is 13.8. The number of carbonyl (C=O) groups is 3. The van der Waals surface area contributed by atoms with Crippen LogP contribution in [-0.2, 0) is 15.7 Å². The number of benzene rings is 2. The number of hydrogen-bond donors (Lipinski definition) is 1. The summed E-state index contributed by atoms with van der Waals surface area (Å²) in [6.45, 7) is 7.63. The zero-order valence-corrected chi connectivity index (χ0v) is 23.5. The molecule has 0 saturated carbocycles. The fourth-order valence-corrected chi connectivity index (χ4v) is 5.32. The Kier molecular flexibility index (Phi) is 9.37. The largest absolute Gasteiger partial charge is 0.463 e. The quantitative estimate of drug-likeness (QED) is 0.484. The molecule has 0 aromatic heterocycles. The standard InChI is InChI=1S/C30H35F3N4O4/c1-4-37-24(19-35-15-8-16-36(18-17-35)27(38)21-13-11-20(3)12-14-21)25(28(39)41-5-2)26(34-29(37)40)22-9-6-7-10-23(22)30(31,32)33/h6-7,9-14,26H,4-5,8,15-19H2,1-3H3,(H,34,40). The molecule has 1 N–H and O–H groups in total. The van der Waals surface area contributed by atoms with Crippen LogP contribution < -0.4 is 5.32 Å². The van der Waals surface area contributed by atoms with Crippen LogP contribution >= 0.6 is 0 Å². The third kappa shape index (κ3) is 6.73. The zero-order valence-electron chi connectivity index (χ0n) is 23.5. The summed E-state index contributed by atoms with van der Waals surface area (Å²) in [7, 11) is 0. The van der Waals surface area contributed by atoms with Gasteiger partial charge in [0.1, 0.15) is 0 Å². The molecule has 41 heavy (non-hydrogen) atoms. The van der Waals surface area contributed by atoms with Crippen LogP contribution in [0.5, 0.6) is 0 Å². The molecule has 220 valence electrons. The van der Waals surface area contributed by atoms with Gasteiger partial charge in [0, 0.05) is 50.5 Å². The number of nitrogens with one attached hydrogen (secondary N) is 1. The monoisotopic (exact) mass is 572 g/mol. The highest BCUT2D eigenvalue weighted by Crippen LogP contribution is 2.39. The lowest BCUT2D eigenvalue weighted by Gasteiger charge is -2.38. The van der Waals surface area contributed by atoms with Crippen LogP contribution in [0.2, 0.25) is 0 Å². The molecule has 4 rings (SSSR count). The van der Waals surface area contributed by atoms with E-state index in [1.165, 1.54) is 23.1 Å². The Hall–Kier alpha value is -3.86. The lowest BCUT2D eigenvalue weighted by molar-refractivity contribution is -0.141. The maximum Gasteiger partial charge on any atom is 0.416 e. The second-order valence-electron chi connectivity index (χ2n) is 10.1. The van der Waals surface area contributed by atoms with Crippen molar-refractivity contribution in [2.75, 3.05) is 45.9 Å². The smallest absolute Gasteiger partial charge is 0.416 e. The summed E-state index contributed by atoms with van der Waals surface area (Å²) in [5, 5.41) is 2.62. The number of halogens is 3. The number of alkyl halides is 3. The van der Waals surface area contributed by atoms with Gasteiger partial charge >= 0.3 is 18.2 Å². The van der Waals surface area contributed by atoms with E-state index < -0.39 is 29.8 Å². The predicted molar refractivity (Wildman–Crippen MR) is 147 cm³/mol. The summed E-state index contributed by atoms with van der Waals surface area (Å²) >= 11 is 0. The molecule has 11 heteroatoms. The van der Waals surface area contributed by atoms with Gasteiger partial charge in [0.15, 0.2) is 0 Å². The number of esters is 1. The number of rotatable bonds is 7. The van der Waals surface area contributed by atoms with E-state index >= 15 is 0 Å². The zero-order chi connectivity index (χ0) is 29.7. The molecule has 2 aliphatic rings. The first-order valence-electron chi connectivity index (χ1n) is 13.8. The summed E-state index contributed by atoms with van der Waals surface area (Å²) in [5.41, 5.74) is 0.773. The Bertz CT molecular complexity index is 1310. The van der Waals surface area contributed by atoms with Gasteiger partial charge in [0.2, 0.25) is 0 Å². The fourth-order valence-electron chi connectivity index (χ4n) is 5.32. The van der Waals surface area contributed by atoms with Crippen molar-refractivity contribution < 1.29 is 32.3 Å². The third-order valence-electron chi connectivity index (χ3n) is 7.37. The Morgan fingerprint density at radius 1 is 1.00 bits per heavy atom. The van der Waals surface area contributed by atoms with Gasteiger partial charge in [-0.25, -0.2) is 9.59 Å². The Morgan fingerprint density at radius 3 is 2.37 bits per heavy atom. The summed E-state index contributed by atoms with van der Waals surface area (Å²) in [6.07, 6.45) is -4.04. The maximum absolute atomic E-state index is 14.0. The molecule has 3 amide bonds. The summed E-state index contributed by atoms with van der Waals surface area (Å²) in [6, 6.07) is 10.4. The Labute approximate surface area is 237 Å². The summed E-state index contributed by atoms with van der Waals surface area (Å²) in [5.74, 6) is -0.858. The number of likely N-dealkylation sites (N-methyl/N-ethyl adjacent to an activating group) is 1. The molecule has 1 atom stereocenters. The number of nitrogens with zero attached hydrogens (tertiary/aromatic N) is 3. The molecule has 0 radical (unpaired) electrons. The molecule has 1 saturated heterocycles. The molecule has 2 aromatic rings. The topological polar surface area (TPSA) is 82.2 Å². The molecular weight excluding hydrogens is 537 g/mol. The van der Waals surface area contributed by atoms with E-state index in [1.54, 1.807) is 30.9 Å². The van der Waals surface area contributed by atoms with Gasteiger partial charge in [-0.1, -0.05) is 35.9 Å². The number of aryl methyl sites for hydroxylation is 1. The van der Waals surface area contributed by atoms with Crippen molar-refractivity contribution in [2.24, 2.45) is 0 Å². The average Bonchev–Trinajstić information content (AvgIpc) is 3.18. The average molecular weight is 573 g/mol. The van der Waals surface area contributed by atoms with Gasteiger partial charge in [-0.05, 0) is 51.0 Å². The van der Waals surface area contributed by atoms with Crippen molar-refractivity contribution >= 4 is 17.9 Å². The fraction of sp³-hybridized carbons (Fsp3) is 0.433. The molecule has 8 nitrogen and oxygen atoms in total. The second-order valence-corrected chi connectivity index (χ2v) is 10.1. The van der Waals surface area contributed by atoms with E-state index in [9.17, 15) is 27.6 Å². The van der Waals surface area contributed by atoms with E-state index in [2.05, 4.69) is 5.32 Å². The van der Waals surface area contributed by atoms with Gasteiger partial charge in [-0.15, -0.1) is 0 Å². The highest BCUT2D eigenvalue weighted by molar-refractivity contribution is 5.95. The number of hydrogen-bond acceptors (Lipinski definition) is 5. The minimum absolute atomic E-state index is 0.0170. The number of urea groups is 1. The van der Waals surface area contributed by atoms with Gasteiger partial charge in [0.25, 0.3) is 5.91 Å². The van der Waals surface area contributed by atoms with Crippen LogP contribution in [-0.4, -0.2) is 78.5 Å². The number of ether oxygens (including phenoxy) is 1. The van der Waals surface area contributed by atoms with Crippen molar-refractivity contribution in [1.29, 1.82) is 0 Å². The molecule has 2 aliphatic heterocycles. The molecule has 0 bridgehead atoms. The third-order valence-corrected chi connectivity index (χ3v) is 7.37. The van der Waals surface area contributed by atoms with E-state index in [1.807, 2.05) is 24.0 Å². The van der Waals surface area contributed by atoms with Crippen LogP contribution in [0.1, 0.15) is 53.4 Å². The number of amides is 3. The van der Waals surface area contributed by atoms with Gasteiger partial charge in [0.05, 0.1) is 23.8 Å². The minimum Gasteiger partial charge on any atom is -0.463 e. The molecule has 1 fully saturated rings. The van der Waals surface area contributed by atoms with Crippen LogP contribution in [0, 0.1) is 6.92 Å². The lowest BCUT2D eigenvalue weighted by atomic mass is 9.90. The molecule has 1 unspecified atom stereocenters. The molecule has 2 heterocycles. The second kappa shape index (κ2) is 12.8. The Balaban J connectivity index is 1.68. The first-order chi connectivity index (χ1) is 19.5. The van der Waals surface area contributed by atoms with Crippen LogP contribution in [0.15, 0.2) is 59.8 Å². The summed E-state index contributed by atoms with van der Waals surface area (Å²) < 4.78 is 47.3. The van der Waals surface area contributed by atoms with Crippen molar-refractivity contribution in [1.82, 2.24) is 20.0 Å². The van der Waals surface area contributed by atoms with Crippen molar-refractivity contribution in [3.05, 3.63) is 82.1 Å². The van der Waals surface area contributed by atoms with Crippen LogP contribution in [0.3, 0.4) is 0 Å². The van der Waals surface area contributed by atoms with Crippen LogP contribution in [0.4, 0.5) is 18.0 Å². The summed E-state index contributed by atoms with van der Waals surface area (Å²) in [4.78, 5) is 44.8. The van der Waals surface area contributed by atoms with Gasteiger partial charge < -0.3 is 15.0 Å². The van der Waals surface area contributed by atoms with Crippen LogP contribution in [0.25, 0.3) is 0 Å². The van der Waals surface area contributed by atoms with E-state index in [0.29, 0.717) is 43.9 Å². The lowest BCUT2D eigenvalue weighted by Crippen LogP contribution is -2.51. The highest BCUT2D eigenvalue weighted by atomic mass is 19.4. The van der Waals surface area contributed by atoms with Gasteiger partial charge in [-0.3, -0.25) is 14.6 Å².